The molecule has 0 bridgehead atoms. The normalized spacial score (nSPS) is 12.8. The molecule has 2 N–H and O–H groups in total. The molecule has 2 aromatic carbocycles. The molecule has 0 aliphatic rings. The Morgan fingerprint density at radius 1 is 1.24 bits per heavy atom. The maximum absolute atomic E-state index is 13.2. The van der Waals surface area contributed by atoms with Crippen LogP contribution in [0.5, 0.6) is 11.6 Å². The molecule has 3 rings (SSSR count). The monoisotopic (exact) mass is 498 g/mol. The number of nitrogens with one attached hydrogen (secondary N) is 2. The molecule has 11 heteroatoms. The second kappa shape index (κ2) is 8.44. The van der Waals surface area contributed by atoms with Gasteiger partial charge in [0.1, 0.15) is 21.7 Å². The van der Waals surface area contributed by atoms with Crippen molar-refractivity contribution >= 4 is 48.9 Å². The lowest BCUT2D eigenvalue weighted by atomic mass is 10.2. The van der Waals surface area contributed by atoms with Gasteiger partial charge in [-0.25, -0.2) is 13.4 Å². The van der Waals surface area contributed by atoms with Crippen LogP contribution in [0.25, 0.3) is 0 Å². The van der Waals surface area contributed by atoms with Crippen molar-refractivity contribution in [2.75, 3.05) is 11.6 Å². The van der Waals surface area contributed by atoms with Gasteiger partial charge in [0.15, 0.2) is 0 Å². The minimum absolute atomic E-state index is 0.00179. The van der Waals surface area contributed by atoms with Gasteiger partial charge in [-0.05, 0) is 58.4 Å². The van der Waals surface area contributed by atoms with Crippen LogP contribution in [0.1, 0.15) is 10.4 Å². The van der Waals surface area contributed by atoms with Crippen molar-refractivity contribution in [2.45, 2.75) is 4.90 Å². The first-order chi connectivity index (χ1) is 13.6. The smallest absolute Gasteiger partial charge is 0.261 e. The Balaban J connectivity index is 1.92. The number of rotatable bonds is 5. The van der Waals surface area contributed by atoms with E-state index in [2.05, 4.69) is 31.4 Å². The van der Waals surface area contributed by atoms with Crippen molar-refractivity contribution in [3.63, 3.8) is 0 Å². The molecule has 0 saturated heterocycles. The summed E-state index contributed by atoms with van der Waals surface area (Å²) in [4.78, 5) is 13.1. The van der Waals surface area contributed by atoms with Crippen LogP contribution < -0.4 is 10.1 Å². The molecule has 0 saturated carbocycles. The van der Waals surface area contributed by atoms with E-state index in [0.717, 1.165) is 12.1 Å². The number of hydrogen-bond donors (Lipinski definition) is 2. The van der Waals surface area contributed by atoms with Crippen LogP contribution in [0.2, 0.25) is 5.02 Å². The van der Waals surface area contributed by atoms with E-state index in [0.29, 0.717) is 5.69 Å². The van der Waals surface area contributed by atoms with Crippen LogP contribution >= 0.6 is 27.5 Å². The van der Waals surface area contributed by atoms with Crippen molar-refractivity contribution in [1.29, 1.82) is 4.78 Å². The third-order valence-electron chi connectivity index (χ3n) is 3.62. The van der Waals surface area contributed by atoms with Crippen molar-refractivity contribution in [1.82, 2.24) is 10.2 Å². The number of halogens is 3. The number of aromatic nitrogens is 2. The summed E-state index contributed by atoms with van der Waals surface area (Å²) < 4.78 is 38.7. The summed E-state index contributed by atoms with van der Waals surface area (Å²) in [6, 6.07) is 11.1. The predicted octanol–water partition coefficient (Wildman–Crippen LogP) is 5.11. The summed E-state index contributed by atoms with van der Waals surface area (Å²) in [5.41, 5.74) is 0.369. The Hall–Kier alpha value is -2.56. The number of benzene rings is 2. The van der Waals surface area contributed by atoms with E-state index in [4.69, 9.17) is 21.1 Å². The highest BCUT2D eigenvalue weighted by Gasteiger charge is 2.18. The van der Waals surface area contributed by atoms with Crippen LogP contribution in [-0.2, 0) is 9.73 Å². The lowest BCUT2D eigenvalue weighted by Crippen LogP contribution is -2.14. The number of hydrogen-bond acceptors (Lipinski definition) is 6. The van der Waals surface area contributed by atoms with Gasteiger partial charge in [0.05, 0.1) is 14.8 Å². The number of carbonyl (C=O) groups is 1. The number of anilines is 1. The molecule has 0 fully saturated rings. The molecule has 0 aliphatic heterocycles. The van der Waals surface area contributed by atoms with E-state index in [9.17, 15) is 13.4 Å². The minimum atomic E-state index is -2.94. The number of ether oxygens (including phenoxy) is 1. The second-order valence-electron chi connectivity index (χ2n) is 5.89. The zero-order valence-electron chi connectivity index (χ0n) is 14.8. The standard InChI is InChI=1S/C18H13BrClFN4O3S/c1-29(22,27)12-4-2-3-11(8-12)23-17(26)13-9-16(19)24-25-18(13)28-15-6-5-10(21)7-14(15)20/h2-9,22H,1H3,(H,23,26). The van der Waals surface area contributed by atoms with Crippen molar-refractivity contribution in [2.24, 2.45) is 0 Å². The maximum Gasteiger partial charge on any atom is 0.261 e. The van der Waals surface area contributed by atoms with E-state index >= 15 is 0 Å². The zero-order chi connectivity index (χ0) is 21.2. The number of amides is 1. The van der Waals surface area contributed by atoms with Gasteiger partial charge in [-0.1, -0.05) is 17.7 Å². The Kier molecular flexibility index (Phi) is 6.15. The molecule has 1 amide bonds. The molecular weight excluding hydrogens is 487 g/mol. The van der Waals surface area contributed by atoms with E-state index in [-0.39, 0.29) is 31.7 Å². The molecule has 29 heavy (non-hydrogen) atoms. The zero-order valence-corrected chi connectivity index (χ0v) is 17.9. The molecule has 1 heterocycles. The van der Waals surface area contributed by atoms with Gasteiger partial charge in [0.2, 0.25) is 0 Å². The van der Waals surface area contributed by atoms with Gasteiger partial charge in [0, 0.05) is 16.8 Å². The van der Waals surface area contributed by atoms with Gasteiger partial charge in [-0.3, -0.25) is 4.79 Å². The molecular formula is C18H13BrClFN4O3S. The van der Waals surface area contributed by atoms with Crippen LogP contribution in [0.4, 0.5) is 10.1 Å². The summed E-state index contributed by atoms with van der Waals surface area (Å²) in [6.45, 7) is 0. The molecule has 150 valence electrons. The second-order valence-corrected chi connectivity index (χ2v) is 9.27. The Labute approximate surface area is 179 Å². The minimum Gasteiger partial charge on any atom is -0.435 e. The van der Waals surface area contributed by atoms with Crippen molar-refractivity contribution < 1.29 is 18.1 Å². The molecule has 0 aliphatic carbocycles. The molecule has 1 aromatic heterocycles. The molecule has 1 unspecified atom stereocenters. The quantitative estimate of drug-likeness (QED) is 0.507. The lowest BCUT2D eigenvalue weighted by molar-refractivity contribution is 0.102. The van der Waals surface area contributed by atoms with Gasteiger partial charge in [-0.2, -0.15) is 0 Å². The van der Waals surface area contributed by atoms with Gasteiger partial charge in [-0.15, -0.1) is 10.2 Å². The average Bonchev–Trinajstić information content (AvgIpc) is 2.64. The fourth-order valence-corrected chi connectivity index (χ4v) is 3.48. The van der Waals surface area contributed by atoms with Crippen molar-refractivity contribution in [3.8, 4) is 11.6 Å². The van der Waals surface area contributed by atoms with Crippen LogP contribution in [0, 0.1) is 10.6 Å². The van der Waals surface area contributed by atoms with Crippen LogP contribution in [0.3, 0.4) is 0 Å². The molecule has 0 radical (unpaired) electrons. The van der Waals surface area contributed by atoms with Gasteiger partial charge < -0.3 is 10.1 Å². The van der Waals surface area contributed by atoms with Crippen molar-refractivity contribution in [3.05, 3.63) is 69.5 Å². The predicted molar refractivity (Wildman–Crippen MR) is 111 cm³/mol. The first-order valence-electron chi connectivity index (χ1n) is 7.95. The lowest BCUT2D eigenvalue weighted by Gasteiger charge is -2.12. The van der Waals surface area contributed by atoms with Gasteiger partial charge in [0.25, 0.3) is 11.8 Å². The highest BCUT2D eigenvalue weighted by molar-refractivity contribution is 9.10. The van der Waals surface area contributed by atoms with E-state index < -0.39 is 21.5 Å². The highest BCUT2D eigenvalue weighted by atomic mass is 79.9. The topological polar surface area (TPSA) is 105 Å². The number of nitrogens with zero attached hydrogens (tertiary/aromatic N) is 2. The summed E-state index contributed by atoms with van der Waals surface area (Å²) >= 11 is 9.11. The SMILES string of the molecule is CS(=N)(=O)c1cccc(NC(=O)c2cc(Br)nnc2Oc2ccc(F)cc2Cl)c1. The summed E-state index contributed by atoms with van der Waals surface area (Å²) in [7, 11) is -2.94. The summed E-state index contributed by atoms with van der Waals surface area (Å²) in [5.74, 6) is -1.17. The highest BCUT2D eigenvalue weighted by Crippen LogP contribution is 2.31. The van der Waals surface area contributed by atoms with Crippen LogP contribution in [0.15, 0.2) is 58.0 Å². The summed E-state index contributed by atoms with van der Waals surface area (Å²) in [5, 5.41) is 10.3. The van der Waals surface area contributed by atoms with E-state index in [1.54, 1.807) is 18.2 Å². The first-order valence-corrected chi connectivity index (χ1v) is 11.1. The summed E-state index contributed by atoms with van der Waals surface area (Å²) in [6.07, 6.45) is 1.29. The first kappa shape index (κ1) is 21.2. The largest absolute Gasteiger partial charge is 0.435 e. The number of carbonyl (C=O) groups excluding carboxylic acids is 1. The Bertz CT molecular complexity index is 1210. The molecule has 1 atom stereocenters. The van der Waals surface area contributed by atoms with Crippen LogP contribution in [-0.4, -0.2) is 26.6 Å². The fourth-order valence-electron chi connectivity index (χ4n) is 2.27. The molecule has 0 spiro atoms. The van der Waals surface area contributed by atoms with E-state index in [1.807, 2.05) is 0 Å². The molecule has 3 aromatic rings. The Morgan fingerprint density at radius 3 is 2.69 bits per heavy atom. The fraction of sp³-hybridized carbons (Fsp3) is 0.0556. The maximum atomic E-state index is 13.2. The van der Waals surface area contributed by atoms with Gasteiger partial charge >= 0.3 is 0 Å². The third kappa shape index (κ3) is 5.28. The Morgan fingerprint density at radius 2 is 2.00 bits per heavy atom. The van der Waals surface area contributed by atoms with E-state index in [1.165, 1.54) is 24.5 Å². The average molecular weight is 500 g/mol. The molecule has 7 nitrogen and oxygen atoms in total. The third-order valence-corrected chi connectivity index (χ3v) is 5.45.